The molecule has 6 amide bonds. The lowest BCUT2D eigenvalue weighted by atomic mass is 9.85. The van der Waals surface area contributed by atoms with E-state index in [9.17, 15) is 28.8 Å². The summed E-state index contributed by atoms with van der Waals surface area (Å²) < 4.78 is 0. The Kier molecular flexibility index (Phi) is 19.9. The summed E-state index contributed by atoms with van der Waals surface area (Å²) in [5, 5.41) is 24.0. The van der Waals surface area contributed by atoms with E-state index in [4.69, 9.17) is 9.97 Å². The van der Waals surface area contributed by atoms with Crippen LogP contribution >= 0.6 is 22.7 Å². The van der Waals surface area contributed by atoms with Gasteiger partial charge in [0.1, 0.15) is 22.1 Å². The van der Waals surface area contributed by atoms with Crippen LogP contribution in [-0.4, -0.2) is 119 Å². The van der Waals surface area contributed by atoms with E-state index in [2.05, 4.69) is 85.8 Å². The van der Waals surface area contributed by atoms with Gasteiger partial charge in [-0.05, 0) is 140 Å². The molecule has 0 bridgehead atoms. The lowest BCUT2D eigenvalue weighted by Crippen LogP contribution is -2.57. The van der Waals surface area contributed by atoms with Crippen LogP contribution < -0.4 is 31.9 Å². The van der Waals surface area contributed by atoms with E-state index >= 15 is 0 Å². The van der Waals surface area contributed by atoms with Crippen LogP contribution in [-0.2, 0) is 19.2 Å². The molecule has 0 spiro atoms. The number of carbonyl (C=O) groups excluding carboxylic acids is 6. The standard InChI is InChI=1S/C72H82N10O6S2/c1-43(73-9)63(83)79-61(71(3,4)5)69(87)81-39-55(37-59(81)67-77-57(41-89-67)53-25-17-23-51(35-53)45-19-13-11-14-20-45)75-65(85)49-31-27-47(28-32-49)48-29-33-50(34-30-48)66(86)76-56-38-60(82(40-56)70(88)62(72(6,7)8)80-64(84)44(2)74-10)68-78-58(42-90-68)54-26-18-24-52(36-54)46-21-15-12-16-22-46/h11-17,19-25,27-36,41-44,55-56,59-62,73-74H,18,26,37-40H2,1-10H3,(H,75,85)(H,76,86)(H,79,83)(H,80,84)/t43-,44-,55-,56-,59-,60-,61+,62+/m0/s1. The second kappa shape index (κ2) is 27.8. The highest BCUT2D eigenvalue weighted by Crippen LogP contribution is 2.41. The van der Waals surface area contributed by atoms with E-state index in [1.54, 1.807) is 62.0 Å². The van der Waals surface area contributed by atoms with E-state index < -0.39 is 59.2 Å². The fourth-order valence-corrected chi connectivity index (χ4v) is 13.7. The van der Waals surface area contributed by atoms with Crippen molar-refractivity contribution in [2.24, 2.45) is 10.8 Å². The Morgan fingerprint density at radius 3 is 1.41 bits per heavy atom. The maximum Gasteiger partial charge on any atom is 0.251 e. The number of allylic oxidation sites excluding steroid dienone is 4. The normalized spacial score (nSPS) is 19.0. The lowest BCUT2D eigenvalue weighted by Gasteiger charge is -2.36. The van der Waals surface area contributed by atoms with Crippen molar-refractivity contribution in [3.05, 3.63) is 189 Å². The number of likely N-dealkylation sites (tertiary alicyclic amines) is 2. The molecule has 1 aliphatic carbocycles. The number of nitrogens with zero attached hydrogens (tertiary/aromatic N) is 4. The number of benzene rings is 5. The topological polar surface area (TPSA) is 207 Å². The molecule has 16 nitrogen and oxygen atoms in total. The first-order valence-electron chi connectivity index (χ1n) is 31.0. The smallest absolute Gasteiger partial charge is 0.251 e. The minimum absolute atomic E-state index is 0.210. The van der Waals surface area contributed by atoms with E-state index in [-0.39, 0.29) is 48.5 Å². The summed E-state index contributed by atoms with van der Waals surface area (Å²) >= 11 is 2.98. The molecule has 3 aliphatic rings. The van der Waals surface area contributed by atoms with Crippen molar-refractivity contribution in [2.75, 3.05) is 27.2 Å². The number of amides is 6. The molecule has 468 valence electrons. The summed E-state index contributed by atoms with van der Waals surface area (Å²) in [7, 11) is 3.41. The lowest BCUT2D eigenvalue weighted by molar-refractivity contribution is -0.140. The van der Waals surface area contributed by atoms with Gasteiger partial charge in [-0.3, -0.25) is 28.8 Å². The average Bonchev–Trinajstić information content (AvgIpc) is 1.70. The summed E-state index contributed by atoms with van der Waals surface area (Å²) in [5.41, 5.74) is 9.45. The van der Waals surface area contributed by atoms with E-state index in [0.717, 1.165) is 78.8 Å². The number of rotatable bonds is 19. The molecule has 8 atom stereocenters. The van der Waals surface area contributed by atoms with Crippen LogP contribution in [0.3, 0.4) is 0 Å². The number of carbonyl (C=O) groups is 6. The van der Waals surface area contributed by atoms with Crippen LogP contribution in [0.15, 0.2) is 156 Å². The summed E-state index contributed by atoms with van der Waals surface area (Å²) in [4.78, 5) is 98.7. The summed E-state index contributed by atoms with van der Waals surface area (Å²) in [5.74, 6) is -1.64. The number of nitrogens with one attached hydrogen (secondary N) is 6. The number of aromatic nitrogens is 2. The molecule has 5 aromatic carbocycles. The van der Waals surface area contributed by atoms with Gasteiger partial charge < -0.3 is 41.7 Å². The van der Waals surface area contributed by atoms with Gasteiger partial charge in [-0.1, -0.05) is 151 Å². The molecule has 90 heavy (non-hydrogen) atoms. The molecule has 7 aromatic rings. The van der Waals surface area contributed by atoms with Gasteiger partial charge in [0.05, 0.1) is 35.6 Å². The predicted molar refractivity (Wildman–Crippen MR) is 359 cm³/mol. The molecule has 0 unspecified atom stereocenters. The number of hydrogen-bond donors (Lipinski definition) is 6. The SMILES string of the molecule is CN[C@@H](C)C(=O)N[C@H](C(=O)N1C[C@@H](NC(=O)c2ccc(-c3ccc(C(=O)N[C@H]4C[C@@H](c5nc(-c6cccc(-c7ccccc7)c6)cs5)N(C(=O)[C@@H](NC(=O)[C@H](C)NC)C(C)(C)C)C4)cc3)cc2)C[C@H]1c1nc(C2=CC(c3ccccc3)=CCC2)cs1)C(C)(C)C. The molecule has 2 fully saturated rings. The van der Waals surface area contributed by atoms with Crippen molar-refractivity contribution in [3.63, 3.8) is 0 Å². The van der Waals surface area contributed by atoms with Crippen LogP contribution in [0, 0.1) is 10.8 Å². The Morgan fingerprint density at radius 1 is 0.522 bits per heavy atom. The Morgan fingerprint density at radius 2 is 0.944 bits per heavy atom. The third-order valence-corrected chi connectivity index (χ3v) is 19.2. The Balaban J connectivity index is 0.826. The molecule has 6 N–H and O–H groups in total. The quantitative estimate of drug-likeness (QED) is 0.0452. The third-order valence-electron chi connectivity index (χ3n) is 17.3. The molecular formula is C72H82N10O6S2. The van der Waals surface area contributed by atoms with Crippen molar-refractivity contribution in [2.45, 2.75) is 129 Å². The van der Waals surface area contributed by atoms with Gasteiger partial charge in [0.15, 0.2) is 0 Å². The van der Waals surface area contributed by atoms with E-state index in [1.807, 2.05) is 120 Å². The fourth-order valence-electron chi connectivity index (χ4n) is 11.8. The maximum absolute atomic E-state index is 14.9. The van der Waals surface area contributed by atoms with Gasteiger partial charge in [-0.25, -0.2) is 9.97 Å². The zero-order chi connectivity index (χ0) is 64.0. The highest BCUT2D eigenvalue weighted by Gasteiger charge is 2.46. The molecule has 2 saturated heterocycles. The average molecular weight is 1250 g/mol. The molecule has 2 aliphatic heterocycles. The largest absolute Gasteiger partial charge is 0.347 e. The van der Waals surface area contributed by atoms with Gasteiger partial charge in [-0.2, -0.15) is 0 Å². The van der Waals surface area contributed by atoms with Crippen molar-refractivity contribution in [3.8, 4) is 33.5 Å². The Labute approximate surface area is 536 Å². The van der Waals surface area contributed by atoms with Crippen LogP contribution in [0.25, 0.3) is 44.7 Å². The van der Waals surface area contributed by atoms with Crippen molar-refractivity contribution >= 4 is 69.3 Å². The van der Waals surface area contributed by atoms with Gasteiger partial charge in [0, 0.05) is 52.6 Å². The zero-order valence-electron chi connectivity index (χ0n) is 52.9. The molecule has 0 saturated carbocycles. The minimum Gasteiger partial charge on any atom is -0.347 e. The number of likely N-dealkylation sites (N-methyl/N-ethyl adjacent to an activating group) is 2. The van der Waals surface area contributed by atoms with E-state index in [0.29, 0.717) is 24.0 Å². The number of thiazole rings is 2. The first-order valence-corrected chi connectivity index (χ1v) is 32.7. The van der Waals surface area contributed by atoms with Crippen molar-refractivity contribution in [1.29, 1.82) is 0 Å². The summed E-state index contributed by atoms with van der Waals surface area (Å²) in [6, 6.07) is 38.7. The molecule has 2 aromatic heterocycles. The fraction of sp³-hybridized carbons (Fsp3) is 0.361. The first-order chi connectivity index (χ1) is 43.1. The number of hydrogen-bond acceptors (Lipinski definition) is 12. The highest BCUT2D eigenvalue weighted by atomic mass is 32.1. The monoisotopic (exact) mass is 1250 g/mol. The second-order valence-corrected chi connectivity index (χ2v) is 27.7. The molecular weight excluding hydrogens is 1160 g/mol. The maximum atomic E-state index is 14.9. The van der Waals surface area contributed by atoms with Crippen molar-refractivity contribution in [1.82, 2.24) is 51.7 Å². The molecule has 4 heterocycles. The van der Waals surface area contributed by atoms with E-state index in [1.165, 1.54) is 22.7 Å². The predicted octanol–water partition coefficient (Wildman–Crippen LogP) is 11.3. The van der Waals surface area contributed by atoms with Crippen LogP contribution in [0.1, 0.15) is 135 Å². The molecule has 10 rings (SSSR count). The molecule has 18 heteroatoms. The first kappa shape index (κ1) is 64.6. The van der Waals surface area contributed by atoms with Gasteiger partial charge in [-0.15, -0.1) is 22.7 Å². The summed E-state index contributed by atoms with van der Waals surface area (Å²) in [6.45, 7) is 15.5. The Bertz CT molecular complexity index is 3790. The van der Waals surface area contributed by atoms with Crippen LogP contribution in [0.2, 0.25) is 0 Å². The Hall–Kier alpha value is -8.42. The van der Waals surface area contributed by atoms with Crippen molar-refractivity contribution < 1.29 is 28.8 Å². The van der Waals surface area contributed by atoms with Gasteiger partial charge in [0.25, 0.3) is 11.8 Å². The minimum atomic E-state index is -0.859. The van der Waals surface area contributed by atoms with Crippen LogP contribution in [0.5, 0.6) is 0 Å². The highest BCUT2D eigenvalue weighted by molar-refractivity contribution is 7.10. The van der Waals surface area contributed by atoms with Gasteiger partial charge >= 0.3 is 0 Å². The molecule has 0 radical (unpaired) electrons. The van der Waals surface area contributed by atoms with Crippen LogP contribution in [0.4, 0.5) is 0 Å². The zero-order valence-corrected chi connectivity index (χ0v) is 54.6. The summed E-state index contributed by atoms with van der Waals surface area (Å²) in [6.07, 6.45) is 7.01. The third kappa shape index (κ3) is 14.9. The second-order valence-electron chi connectivity index (χ2n) is 25.9. The van der Waals surface area contributed by atoms with Gasteiger partial charge in [0.2, 0.25) is 23.6 Å².